The predicted molar refractivity (Wildman–Crippen MR) is 123 cm³/mol. The summed E-state index contributed by atoms with van der Waals surface area (Å²) in [6, 6.07) is 19.6. The number of para-hydroxylation sites is 1. The minimum atomic E-state index is -0.331. The second-order valence-electron chi connectivity index (χ2n) is 7.13. The van der Waals surface area contributed by atoms with Crippen molar-refractivity contribution in [3.05, 3.63) is 82.8 Å². The standard InChI is InChI=1S/C24H23N5O4/c1-32-17-9-7-16(8-10-17)19-11-12-23(30)29(28-19)14-13-25-24(31)21-15-20(26-27-21)18-5-3-4-6-22(18)33-2/h3-12,15H,13-14H2,1-2H3,(H,25,31)(H,26,27). The molecule has 0 radical (unpaired) electrons. The normalized spacial score (nSPS) is 10.6. The Balaban J connectivity index is 1.41. The number of nitrogens with zero attached hydrogens (tertiary/aromatic N) is 3. The fourth-order valence-electron chi connectivity index (χ4n) is 3.33. The minimum absolute atomic E-state index is 0.223. The van der Waals surface area contributed by atoms with Crippen molar-refractivity contribution >= 4 is 5.91 Å². The van der Waals surface area contributed by atoms with Crippen molar-refractivity contribution in [3.63, 3.8) is 0 Å². The van der Waals surface area contributed by atoms with Gasteiger partial charge in [0.1, 0.15) is 17.2 Å². The van der Waals surface area contributed by atoms with Crippen molar-refractivity contribution in [1.29, 1.82) is 0 Å². The molecule has 0 aliphatic heterocycles. The number of amides is 1. The molecule has 0 aliphatic carbocycles. The first kappa shape index (κ1) is 21.8. The number of nitrogens with one attached hydrogen (secondary N) is 2. The van der Waals surface area contributed by atoms with Crippen molar-refractivity contribution < 1.29 is 14.3 Å². The van der Waals surface area contributed by atoms with Crippen LogP contribution in [0.3, 0.4) is 0 Å². The van der Waals surface area contributed by atoms with E-state index in [9.17, 15) is 9.59 Å². The van der Waals surface area contributed by atoms with Crippen molar-refractivity contribution in [2.24, 2.45) is 0 Å². The Bertz CT molecular complexity index is 1310. The average Bonchev–Trinajstić information content (AvgIpc) is 3.35. The van der Waals surface area contributed by atoms with Gasteiger partial charge >= 0.3 is 0 Å². The number of carbonyl (C=O) groups excluding carboxylic acids is 1. The molecule has 2 heterocycles. The van der Waals surface area contributed by atoms with Gasteiger partial charge in [-0.3, -0.25) is 14.7 Å². The predicted octanol–water partition coefficient (Wildman–Crippen LogP) is 2.75. The number of carbonyl (C=O) groups is 1. The Morgan fingerprint density at radius 3 is 2.55 bits per heavy atom. The SMILES string of the molecule is COc1ccc(-c2ccc(=O)n(CCNC(=O)c3cc(-c4ccccc4OC)n[nH]3)n2)cc1. The summed E-state index contributed by atoms with van der Waals surface area (Å²) in [4.78, 5) is 24.7. The zero-order valence-electron chi connectivity index (χ0n) is 18.2. The molecule has 9 heteroatoms. The summed E-state index contributed by atoms with van der Waals surface area (Å²) in [6.45, 7) is 0.447. The quantitative estimate of drug-likeness (QED) is 0.431. The van der Waals surface area contributed by atoms with Crippen LogP contribution in [0.1, 0.15) is 10.5 Å². The van der Waals surface area contributed by atoms with E-state index in [2.05, 4.69) is 20.6 Å². The average molecular weight is 445 g/mol. The maximum Gasteiger partial charge on any atom is 0.269 e. The molecule has 0 unspecified atom stereocenters. The van der Waals surface area contributed by atoms with Crippen LogP contribution < -0.4 is 20.3 Å². The molecular weight excluding hydrogens is 422 g/mol. The van der Waals surface area contributed by atoms with Crippen LogP contribution >= 0.6 is 0 Å². The van der Waals surface area contributed by atoms with Gasteiger partial charge in [0.05, 0.1) is 32.2 Å². The van der Waals surface area contributed by atoms with Gasteiger partial charge in [0, 0.05) is 23.7 Å². The summed E-state index contributed by atoms with van der Waals surface area (Å²) in [5.74, 6) is 1.07. The van der Waals surface area contributed by atoms with Gasteiger partial charge in [-0.2, -0.15) is 10.2 Å². The van der Waals surface area contributed by atoms with Crippen molar-refractivity contribution in [1.82, 2.24) is 25.3 Å². The summed E-state index contributed by atoms with van der Waals surface area (Å²) < 4.78 is 11.8. The van der Waals surface area contributed by atoms with Gasteiger partial charge in [-0.1, -0.05) is 12.1 Å². The molecule has 2 aromatic heterocycles. The monoisotopic (exact) mass is 445 g/mol. The van der Waals surface area contributed by atoms with Crippen LogP contribution in [0.5, 0.6) is 11.5 Å². The third-order valence-electron chi connectivity index (χ3n) is 5.07. The molecule has 0 spiro atoms. The van der Waals surface area contributed by atoms with E-state index in [4.69, 9.17) is 9.47 Å². The molecule has 33 heavy (non-hydrogen) atoms. The second-order valence-corrected chi connectivity index (χ2v) is 7.13. The van der Waals surface area contributed by atoms with E-state index in [1.807, 2.05) is 48.5 Å². The Labute approximate surface area is 190 Å². The largest absolute Gasteiger partial charge is 0.497 e. The van der Waals surface area contributed by atoms with Crippen molar-refractivity contribution in [3.8, 4) is 34.0 Å². The molecule has 0 atom stereocenters. The van der Waals surface area contributed by atoms with Crippen LogP contribution in [0, 0.1) is 0 Å². The molecule has 168 valence electrons. The summed E-state index contributed by atoms with van der Waals surface area (Å²) >= 11 is 0. The first-order valence-corrected chi connectivity index (χ1v) is 10.3. The number of methoxy groups -OCH3 is 2. The Hall–Kier alpha value is -4.40. The third kappa shape index (κ3) is 4.93. The van der Waals surface area contributed by atoms with Crippen LogP contribution in [0.4, 0.5) is 0 Å². The van der Waals surface area contributed by atoms with E-state index < -0.39 is 0 Å². The van der Waals surface area contributed by atoms with Gasteiger partial charge in [-0.05, 0) is 48.5 Å². The molecule has 0 saturated heterocycles. The smallest absolute Gasteiger partial charge is 0.269 e. The first-order chi connectivity index (χ1) is 16.1. The van der Waals surface area contributed by atoms with Gasteiger partial charge in [0.2, 0.25) is 0 Å². The van der Waals surface area contributed by atoms with Gasteiger partial charge < -0.3 is 14.8 Å². The molecule has 4 rings (SSSR count). The van der Waals surface area contributed by atoms with E-state index in [0.29, 0.717) is 22.8 Å². The third-order valence-corrected chi connectivity index (χ3v) is 5.07. The second kappa shape index (κ2) is 9.82. The lowest BCUT2D eigenvalue weighted by Crippen LogP contribution is -2.32. The van der Waals surface area contributed by atoms with Crippen LogP contribution in [-0.4, -0.2) is 46.6 Å². The summed E-state index contributed by atoms with van der Waals surface area (Å²) in [6.07, 6.45) is 0. The number of rotatable bonds is 8. The van der Waals surface area contributed by atoms with Crippen LogP contribution in [-0.2, 0) is 6.54 Å². The van der Waals surface area contributed by atoms with Crippen LogP contribution in [0.25, 0.3) is 22.5 Å². The number of H-pyrrole nitrogens is 1. The molecule has 9 nitrogen and oxygen atoms in total. The van der Waals surface area contributed by atoms with Crippen LogP contribution in [0.2, 0.25) is 0 Å². The number of benzene rings is 2. The molecule has 0 bridgehead atoms. The van der Waals surface area contributed by atoms with E-state index >= 15 is 0 Å². The molecule has 0 aliphatic rings. The molecule has 4 aromatic rings. The number of ether oxygens (including phenoxy) is 2. The Morgan fingerprint density at radius 2 is 1.79 bits per heavy atom. The van der Waals surface area contributed by atoms with Gasteiger partial charge in [-0.25, -0.2) is 4.68 Å². The highest BCUT2D eigenvalue weighted by atomic mass is 16.5. The van der Waals surface area contributed by atoms with Gasteiger partial charge in [0.15, 0.2) is 0 Å². The van der Waals surface area contributed by atoms with Crippen LogP contribution in [0.15, 0.2) is 71.5 Å². The number of hydrogen-bond acceptors (Lipinski definition) is 6. The molecule has 0 saturated carbocycles. The molecule has 2 N–H and O–H groups in total. The highest BCUT2D eigenvalue weighted by Crippen LogP contribution is 2.28. The maximum absolute atomic E-state index is 12.5. The molecule has 0 fully saturated rings. The zero-order valence-corrected chi connectivity index (χ0v) is 18.2. The van der Waals surface area contributed by atoms with Crippen molar-refractivity contribution in [2.75, 3.05) is 20.8 Å². The highest BCUT2D eigenvalue weighted by Gasteiger charge is 2.13. The summed E-state index contributed by atoms with van der Waals surface area (Å²) in [7, 11) is 3.18. The first-order valence-electron chi connectivity index (χ1n) is 10.3. The lowest BCUT2D eigenvalue weighted by Gasteiger charge is -2.08. The number of hydrogen-bond donors (Lipinski definition) is 2. The highest BCUT2D eigenvalue weighted by molar-refractivity contribution is 5.93. The summed E-state index contributed by atoms with van der Waals surface area (Å²) in [5, 5.41) is 14.1. The van der Waals surface area contributed by atoms with Gasteiger partial charge in [-0.15, -0.1) is 0 Å². The number of aromatic nitrogens is 4. The van der Waals surface area contributed by atoms with E-state index in [-0.39, 0.29) is 24.6 Å². The summed E-state index contributed by atoms with van der Waals surface area (Å²) in [5.41, 5.74) is 2.95. The maximum atomic E-state index is 12.5. The zero-order chi connectivity index (χ0) is 23.2. The van der Waals surface area contributed by atoms with Gasteiger partial charge in [0.25, 0.3) is 11.5 Å². The Kier molecular flexibility index (Phi) is 6.49. The number of aromatic amines is 1. The molecule has 1 amide bonds. The lowest BCUT2D eigenvalue weighted by atomic mass is 10.1. The van der Waals surface area contributed by atoms with E-state index in [1.165, 1.54) is 10.7 Å². The van der Waals surface area contributed by atoms with Crippen molar-refractivity contribution in [2.45, 2.75) is 6.54 Å². The fraction of sp³-hybridized carbons (Fsp3) is 0.167. The minimum Gasteiger partial charge on any atom is -0.497 e. The fourth-order valence-corrected chi connectivity index (χ4v) is 3.33. The topological polar surface area (TPSA) is 111 Å². The molecular formula is C24H23N5O4. The Morgan fingerprint density at radius 1 is 1.00 bits per heavy atom. The molecule has 2 aromatic carbocycles. The lowest BCUT2D eigenvalue weighted by molar-refractivity contribution is 0.0946. The van der Waals surface area contributed by atoms with E-state index in [0.717, 1.165) is 16.9 Å². The van der Waals surface area contributed by atoms with E-state index in [1.54, 1.807) is 26.4 Å².